The first-order valence-corrected chi connectivity index (χ1v) is 37.9. The number of H-pyrrole nitrogens is 6. The van der Waals surface area contributed by atoms with Gasteiger partial charge in [-0.3, -0.25) is 48.1 Å². The van der Waals surface area contributed by atoms with Gasteiger partial charge in [0.15, 0.2) is 48.0 Å². The number of hydrogen-bond acceptors (Lipinski definition) is 27. The van der Waals surface area contributed by atoms with Crippen molar-refractivity contribution in [3.05, 3.63) is 237 Å². The Hall–Kier alpha value is -13.9. The van der Waals surface area contributed by atoms with Crippen molar-refractivity contribution in [2.75, 3.05) is 14.2 Å². The lowest BCUT2D eigenvalue weighted by Gasteiger charge is -2.11. The van der Waals surface area contributed by atoms with Crippen molar-refractivity contribution in [2.45, 2.75) is 82.2 Å². The number of amides is 2. The molecule has 35 nitrogen and oxygen atoms in total. The van der Waals surface area contributed by atoms with Crippen LogP contribution < -0.4 is 39.3 Å². The van der Waals surface area contributed by atoms with Gasteiger partial charge in [-0.2, -0.15) is 36.0 Å². The van der Waals surface area contributed by atoms with Crippen molar-refractivity contribution < 1.29 is 41.8 Å². The van der Waals surface area contributed by atoms with Gasteiger partial charge in [-0.05, 0) is 142 Å². The second-order valence-electron chi connectivity index (χ2n) is 24.0. The first-order valence-electron chi connectivity index (χ1n) is 34.0. The third kappa shape index (κ3) is 19.4. The molecule has 0 bridgehead atoms. The number of nitrogens with one attached hydrogen (secondary N) is 6. The predicted molar refractivity (Wildman–Crippen MR) is 427 cm³/mol. The van der Waals surface area contributed by atoms with Gasteiger partial charge in [-0.25, -0.2) is 56.5 Å². The molecule has 116 heavy (non-hydrogen) atoms. The Morgan fingerprint density at radius 1 is 0.440 bits per heavy atom. The van der Waals surface area contributed by atoms with Crippen LogP contribution in [0.4, 0.5) is 13.2 Å². The zero-order valence-corrected chi connectivity index (χ0v) is 65.2. The van der Waals surface area contributed by atoms with Gasteiger partial charge in [-0.1, -0.05) is 79.1 Å². The number of aromatic amines is 6. The smallest absolute Gasteiger partial charge is 0.319 e. The molecule has 0 saturated heterocycles. The van der Waals surface area contributed by atoms with E-state index in [1.54, 1.807) is 98.8 Å². The number of rotatable bonds is 19. The van der Waals surface area contributed by atoms with E-state index in [0.29, 0.717) is 90.7 Å². The Balaban J connectivity index is 0.000000143. The molecule has 0 aliphatic rings. The summed E-state index contributed by atoms with van der Waals surface area (Å²) in [4.78, 5) is 140. The lowest BCUT2D eigenvalue weighted by Crippen LogP contribution is -2.25. The van der Waals surface area contributed by atoms with Crippen LogP contribution in [0.5, 0.6) is 0 Å². The number of halogens is 3. The number of primary amides is 2. The maximum atomic E-state index is 13.5. The summed E-state index contributed by atoms with van der Waals surface area (Å²) in [7, 11) is 2.61. The molecule has 0 aliphatic carbocycles. The van der Waals surface area contributed by atoms with Crippen LogP contribution >= 0.6 is 59.3 Å². The van der Waals surface area contributed by atoms with E-state index in [1.165, 1.54) is 105 Å². The Bertz CT molecular complexity index is 6700. The van der Waals surface area contributed by atoms with E-state index in [9.17, 15) is 56.3 Å². The van der Waals surface area contributed by atoms with Crippen LogP contribution in [0.15, 0.2) is 197 Å². The highest BCUT2D eigenvalue weighted by molar-refractivity contribution is 8.01. The molecular formula is C73H61F3N24O11S5. The quantitative estimate of drug-likeness (QED) is 0.0163. The lowest BCUT2D eigenvalue weighted by molar-refractivity contribution is -0.140. The summed E-state index contributed by atoms with van der Waals surface area (Å²) in [6.45, 7) is 6.95. The molecule has 0 spiro atoms. The van der Waals surface area contributed by atoms with E-state index in [1.807, 2.05) is 26.0 Å². The fourth-order valence-corrected chi connectivity index (χ4v) is 14.1. The summed E-state index contributed by atoms with van der Waals surface area (Å²) in [5.74, 6) is -3.00. The van der Waals surface area contributed by atoms with Crippen molar-refractivity contribution in [1.82, 2.24) is 98.7 Å². The van der Waals surface area contributed by atoms with Crippen LogP contribution in [-0.2, 0) is 28.7 Å². The van der Waals surface area contributed by atoms with E-state index in [-0.39, 0.29) is 75.9 Å². The summed E-state index contributed by atoms with van der Waals surface area (Å²) >= 11 is 9.25. The van der Waals surface area contributed by atoms with Crippen molar-refractivity contribution >= 4 is 138 Å². The van der Waals surface area contributed by atoms with Gasteiger partial charge in [-0.15, -0.1) is 0 Å². The average Bonchev–Trinajstić information content (AvgIpc) is 1.71. The van der Waals surface area contributed by atoms with Gasteiger partial charge in [0.05, 0.1) is 107 Å². The Morgan fingerprint density at radius 3 is 1.11 bits per heavy atom. The van der Waals surface area contributed by atoms with Crippen LogP contribution in [0.1, 0.15) is 51.7 Å². The molecule has 0 radical (unpaired) electrons. The number of hydrogen-bond donors (Lipinski definition) is 8. The third-order valence-corrected chi connectivity index (χ3v) is 21.0. The minimum atomic E-state index is -0.531. The molecular weight excluding hydrogens is 1610 g/mol. The van der Waals surface area contributed by atoms with Crippen LogP contribution in [0.3, 0.4) is 0 Å². The Kier molecular flexibility index (Phi) is 26.6. The summed E-state index contributed by atoms with van der Waals surface area (Å²) < 4.78 is 56.9. The summed E-state index contributed by atoms with van der Waals surface area (Å²) in [5.41, 5.74) is 14.3. The van der Waals surface area contributed by atoms with Gasteiger partial charge >= 0.3 is 11.9 Å². The highest BCUT2D eigenvalue weighted by Gasteiger charge is 2.25. The number of benzene rings is 5. The standard InChI is InChI=1S/C16H15FN4O3S.C16H13N5O3S.C15H14FN5O2S.C15H12N6O2S.C11H7FN4OS/c1-3-12(15(23)24-2)25-16-19-13-11(14(22)20-16)8-18-21(13)10-6-4-5-9(17)7-10;1-9(15(23)24-2)25-16-19-13-12(14(22)20-16)8-18-21(13)11-5-3-10(7-17)4-6-11;1-2-11(12(17)22)24-15-19-13-10(14(23)20-15)7-18-21(13)9-5-3-4-8(16)6-9;1-8(12(17)22)24-15-19-13-11(14(23)20-15)7-18-21(13)10-4-2-9(6-16)3-5-10;12-6-2-1-3-7(4-6)16-9-8(5-13-16)10(17)15-11(18)14-9/h4-8,12H,3H2,1-2H3,(H,19,20,22);3-6,8-9H,1-2H3,(H,19,20,22);3-7,11H,2H2,1H3,(H2,17,22)(H,19,20,23);2-5,7-8H,1H3,(H2,17,22)(H,19,20,23);1-5H,(H2,14,15,17,18). The number of nitrogens with two attached hydrogens (primary N) is 2. The maximum absolute atomic E-state index is 13.5. The van der Waals surface area contributed by atoms with E-state index in [2.05, 4.69) is 80.1 Å². The van der Waals surface area contributed by atoms with E-state index < -0.39 is 56.4 Å². The molecule has 10 aromatic heterocycles. The van der Waals surface area contributed by atoms with Crippen molar-refractivity contribution in [3.8, 4) is 40.6 Å². The summed E-state index contributed by atoms with van der Waals surface area (Å²) in [6, 6.07) is 35.1. The molecule has 590 valence electrons. The number of thioether (sulfide) groups is 4. The number of nitriles is 2. The minimum absolute atomic E-state index is 0.200. The van der Waals surface area contributed by atoms with Crippen molar-refractivity contribution in [3.63, 3.8) is 0 Å². The topological polar surface area (TPSA) is 507 Å². The number of carbonyl (C=O) groups is 4. The highest BCUT2D eigenvalue weighted by atomic mass is 32.2. The molecule has 5 aromatic carbocycles. The SMILES string of the molecule is CC(Sc1nc2c(cnn2-c2ccc(C#N)cc2)c(=O)[nH]1)C(N)=O.CCC(Sc1nc2c(cnn2-c2cccc(F)c2)c(=O)[nH]1)C(=O)OC.CCC(Sc1nc2c(cnn2-c2cccc(F)c2)c(=O)[nH]1)C(N)=O.COC(=O)C(C)Sc1nc2c(cnn2-c2ccc(C#N)cc2)c(=O)[nH]1.O=c1[nH]c(=S)[nH]c2c1cnn2-c1cccc(F)c1. The van der Waals surface area contributed by atoms with Gasteiger partial charge in [0.1, 0.15) is 60.5 Å². The third-order valence-electron chi connectivity index (χ3n) is 16.3. The van der Waals surface area contributed by atoms with Gasteiger partial charge in [0.2, 0.25) is 11.8 Å². The Labute approximate surface area is 671 Å². The largest absolute Gasteiger partial charge is 0.468 e. The fraction of sp³-hybridized carbons (Fsp3) is 0.164. The molecule has 0 fully saturated rings. The monoisotopic (exact) mass is 1670 g/mol. The van der Waals surface area contributed by atoms with E-state index >= 15 is 0 Å². The highest BCUT2D eigenvalue weighted by Crippen LogP contribution is 2.28. The second kappa shape index (κ2) is 37.2. The normalized spacial score (nSPS) is 12.0. The molecule has 0 aliphatic heterocycles. The van der Waals surface area contributed by atoms with Crippen LogP contribution in [0, 0.1) is 44.9 Å². The predicted octanol–water partition coefficient (Wildman–Crippen LogP) is 8.39. The number of ether oxygens (including phenoxy) is 2. The van der Waals surface area contributed by atoms with Gasteiger partial charge in [0, 0.05) is 0 Å². The molecule has 2 amide bonds. The molecule has 10 N–H and O–H groups in total. The van der Waals surface area contributed by atoms with Crippen molar-refractivity contribution in [2.24, 2.45) is 11.5 Å². The second-order valence-corrected chi connectivity index (χ2v) is 29.5. The number of fused-ring (bicyclic) bond motifs is 5. The van der Waals surface area contributed by atoms with Crippen LogP contribution in [-0.4, -0.2) is 158 Å². The molecule has 10 heterocycles. The maximum Gasteiger partial charge on any atom is 0.319 e. The zero-order valence-electron chi connectivity index (χ0n) is 61.1. The van der Waals surface area contributed by atoms with Gasteiger partial charge in [0.25, 0.3) is 27.8 Å². The van der Waals surface area contributed by atoms with E-state index in [4.69, 9.17) is 38.9 Å². The number of methoxy groups -OCH3 is 2. The summed E-state index contributed by atoms with van der Waals surface area (Å²) in [6.07, 6.45) is 8.02. The number of nitrogens with zero attached hydrogens (tertiary/aromatic N) is 16. The van der Waals surface area contributed by atoms with Crippen LogP contribution in [0.25, 0.3) is 83.6 Å². The van der Waals surface area contributed by atoms with E-state index in [0.717, 1.165) is 47.0 Å². The van der Waals surface area contributed by atoms with Gasteiger partial charge < -0.3 is 45.9 Å². The molecule has 43 heteroatoms. The molecule has 15 rings (SSSR count). The number of carbonyl (C=O) groups excluding carboxylic acids is 4. The summed E-state index contributed by atoms with van der Waals surface area (Å²) in [5, 5.41) is 39.1. The molecule has 4 unspecified atom stereocenters. The molecule has 4 atom stereocenters. The minimum Gasteiger partial charge on any atom is -0.468 e. The lowest BCUT2D eigenvalue weighted by atomic mass is 10.2. The fourth-order valence-electron chi connectivity index (χ4n) is 10.5. The number of aromatic nitrogens is 20. The zero-order chi connectivity index (χ0) is 83.2. The molecule has 0 saturated carbocycles. The first kappa shape index (κ1) is 83.1. The Morgan fingerprint density at radius 2 is 0.767 bits per heavy atom. The first-order chi connectivity index (χ1) is 55.7. The average molecular weight is 1670 g/mol. The van der Waals surface area contributed by atoms with Crippen LogP contribution in [0.2, 0.25) is 0 Å². The van der Waals surface area contributed by atoms with Crippen molar-refractivity contribution in [1.29, 1.82) is 10.5 Å². The number of esters is 2. The molecule has 15 aromatic rings.